The smallest absolute Gasteiger partial charge is 0.223 e. The van der Waals surface area contributed by atoms with Crippen LogP contribution in [0.25, 0.3) is 0 Å². The first-order valence-corrected chi connectivity index (χ1v) is 11.0. The summed E-state index contributed by atoms with van der Waals surface area (Å²) >= 11 is 0. The number of hydrogen-bond acceptors (Lipinski definition) is 5. The second-order valence-electron chi connectivity index (χ2n) is 7.68. The maximum absolute atomic E-state index is 12.7. The summed E-state index contributed by atoms with van der Waals surface area (Å²) in [7, 11) is 0. The Morgan fingerprint density at radius 3 is 2.86 bits per heavy atom. The zero-order valence-electron chi connectivity index (χ0n) is 18.0. The van der Waals surface area contributed by atoms with Crippen molar-refractivity contribution in [2.75, 3.05) is 45.8 Å². The molecule has 0 saturated carbocycles. The fourth-order valence-corrected chi connectivity index (χ4v) is 3.74. The lowest BCUT2D eigenvalue weighted by Crippen LogP contribution is -2.38. The van der Waals surface area contributed by atoms with Crippen LogP contribution >= 0.6 is 0 Å². The molecule has 29 heavy (non-hydrogen) atoms. The summed E-state index contributed by atoms with van der Waals surface area (Å²) < 4.78 is 0. The van der Waals surface area contributed by atoms with Gasteiger partial charge in [-0.1, -0.05) is 19.9 Å². The number of amides is 2. The van der Waals surface area contributed by atoms with Crippen molar-refractivity contribution in [3.8, 4) is 0 Å². The van der Waals surface area contributed by atoms with Crippen LogP contribution < -0.4 is 10.6 Å². The van der Waals surface area contributed by atoms with Gasteiger partial charge in [0.05, 0.1) is 0 Å². The third-order valence-electron chi connectivity index (χ3n) is 5.62. The number of pyridine rings is 1. The highest BCUT2D eigenvalue weighted by Gasteiger charge is 2.20. The van der Waals surface area contributed by atoms with E-state index in [1.165, 1.54) is 0 Å². The molecule has 1 saturated heterocycles. The van der Waals surface area contributed by atoms with Crippen molar-refractivity contribution >= 4 is 11.8 Å². The number of nitrogens with zero attached hydrogens (tertiary/aromatic N) is 3. The fourth-order valence-electron chi connectivity index (χ4n) is 3.74. The lowest BCUT2D eigenvalue weighted by molar-refractivity contribution is -0.126. The molecular formula is C22H37N5O2. The third kappa shape index (κ3) is 8.92. The van der Waals surface area contributed by atoms with Crippen LogP contribution in [0.1, 0.15) is 45.1 Å². The quantitative estimate of drug-likeness (QED) is 0.690. The molecule has 2 N–H and O–H groups in total. The molecule has 7 nitrogen and oxygen atoms in total. The Balaban J connectivity index is 1.88. The Hall–Kier alpha value is -1.99. The van der Waals surface area contributed by atoms with Crippen molar-refractivity contribution in [2.24, 2.45) is 5.92 Å². The summed E-state index contributed by atoms with van der Waals surface area (Å²) in [5.41, 5.74) is 1.15. The second kappa shape index (κ2) is 13.3. The van der Waals surface area contributed by atoms with E-state index in [9.17, 15) is 9.59 Å². The molecule has 1 atom stereocenters. The number of likely N-dealkylation sites (N-methyl/N-ethyl adjacent to an activating group) is 1. The average molecular weight is 404 g/mol. The molecule has 7 heteroatoms. The lowest BCUT2D eigenvalue weighted by atomic mass is 9.98. The van der Waals surface area contributed by atoms with Gasteiger partial charge in [-0.05, 0) is 50.5 Å². The minimum atomic E-state index is -0.0506. The maximum atomic E-state index is 12.7. The van der Waals surface area contributed by atoms with Gasteiger partial charge >= 0.3 is 0 Å². The summed E-state index contributed by atoms with van der Waals surface area (Å²) in [6.07, 6.45) is 6.62. The van der Waals surface area contributed by atoms with Gasteiger partial charge < -0.3 is 15.5 Å². The first-order valence-electron chi connectivity index (χ1n) is 11.0. The van der Waals surface area contributed by atoms with E-state index < -0.39 is 0 Å². The molecule has 0 aliphatic carbocycles. The fraction of sp³-hybridized carbons (Fsp3) is 0.682. The highest BCUT2D eigenvalue weighted by atomic mass is 16.2. The van der Waals surface area contributed by atoms with E-state index in [4.69, 9.17) is 0 Å². The van der Waals surface area contributed by atoms with E-state index in [0.717, 1.165) is 57.7 Å². The molecule has 1 fully saturated rings. The second-order valence-corrected chi connectivity index (χ2v) is 7.68. The number of carbonyl (C=O) groups excluding carboxylic acids is 2. The van der Waals surface area contributed by atoms with Crippen LogP contribution in [0, 0.1) is 5.92 Å². The lowest BCUT2D eigenvalue weighted by Gasteiger charge is -2.23. The molecule has 0 aromatic carbocycles. The van der Waals surface area contributed by atoms with Crippen molar-refractivity contribution in [3.05, 3.63) is 30.1 Å². The summed E-state index contributed by atoms with van der Waals surface area (Å²) in [4.78, 5) is 33.6. The number of aromatic nitrogens is 1. The molecule has 162 valence electrons. The van der Waals surface area contributed by atoms with Crippen molar-refractivity contribution in [1.82, 2.24) is 25.4 Å². The molecule has 1 aliphatic heterocycles. The normalized spacial score (nSPS) is 19.4. The predicted octanol–water partition coefficient (Wildman–Crippen LogP) is 1.65. The Labute approximate surface area is 175 Å². The van der Waals surface area contributed by atoms with Gasteiger partial charge in [0.1, 0.15) is 0 Å². The minimum Gasteiger partial charge on any atom is -0.356 e. The first-order chi connectivity index (χ1) is 14.1. The summed E-state index contributed by atoms with van der Waals surface area (Å²) in [6.45, 7) is 10.8. The van der Waals surface area contributed by atoms with Gasteiger partial charge in [-0.2, -0.15) is 0 Å². The molecule has 1 unspecified atom stereocenters. The van der Waals surface area contributed by atoms with E-state index in [1.54, 1.807) is 6.20 Å². The van der Waals surface area contributed by atoms with Crippen LogP contribution in [0.3, 0.4) is 0 Å². The highest BCUT2D eigenvalue weighted by molar-refractivity contribution is 5.79. The number of nitrogens with one attached hydrogen (secondary N) is 2. The third-order valence-corrected chi connectivity index (χ3v) is 5.62. The van der Waals surface area contributed by atoms with Crippen LogP contribution in [0.5, 0.6) is 0 Å². The van der Waals surface area contributed by atoms with Crippen LogP contribution in [-0.4, -0.2) is 72.4 Å². The average Bonchev–Trinajstić information content (AvgIpc) is 2.77. The topological polar surface area (TPSA) is 77.6 Å². The molecule has 1 aromatic rings. The summed E-state index contributed by atoms with van der Waals surface area (Å²) in [5, 5.41) is 6.07. The standard InChI is InChI=1S/C22H37N5O2/c1-3-26(4-2)16-13-25-22(29)20-8-6-14-27(15-10-21(28)24-12-9-20)18-19-7-5-11-23-17-19/h5,7,11,17,20H,3-4,6,8-10,12-16,18H2,1-2H3,(H,24,28)(H,25,29). The van der Waals surface area contributed by atoms with E-state index in [2.05, 4.69) is 45.3 Å². The Bertz CT molecular complexity index is 606. The highest BCUT2D eigenvalue weighted by Crippen LogP contribution is 2.14. The van der Waals surface area contributed by atoms with E-state index in [1.807, 2.05) is 12.3 Å². The van der Waals surface area contributed by atoms with Gasteiger partial charge in [-0.3, -0.25) is 19.5 Å². The zero-order valence-corrected chi connectivity index (χ0v) is 18.0. The van der Waals surface area contributed by atoms with Crippen molar-refractivity contribution in [2.45, 2.75) is 46.1 Å². The number of rotatable bonds is 8. The molecule has 0 spiro atoms. The monoisotopic (exact) mass is 403 g/mol. The zero-order chi connectivity index (χ0) is 20.9. The van der Waals surface area contributed by atoms with Crippen LogP contribution in [0.2, 0.25) is 0 Å². The van der Waals surface area contributed by atoms with Crippen LogP contribution in [0.4, 0.5) is 0 Å². The summed E-state index contributed by atoms with van der Waals surface area (Å²) in [6, 6.07) is 4.00. The van der Waals surface area contributed by atoms with Gasteiger partial charge in [-0.25, -0.2) is 0 Å². The van der Waals surface area contributed by atoms with Gasteiger partial charge in [-0.15, -0.1) is 0 Å². The van der Waals surface area contributed by atoms with Crippen LogP contribution in [-0.2, 0) is 16.1 Å². The largest absolute Gasteiger partial charge is 0.356 e. The molecule has 2 heterocycles. The Morgan fingerprint density at radius 2 is 2.14 bits per heavy atom. The van der Waals surface area contributed by atoms with Gasteiger partial charge in [0.25, 0.3) is 0 Å². The van der Waals surface area contributed by atoms with E-state index >= 15 is 0 Å². The maximum Gasteiger partial charge on any atom is 0.223 e. The molecule has 2 rings (SSSR count). The van der Waals surface area contributed by atoms with Crippen LogP contribution in [0.15, 0.2) is 24.5 Å². The Morgan fingerprint density at radius 1 is 1.31 bits per heavy atom. The van der Waals surface area contributed by atoms with Crippen molar-refractivity contribution in [1.29, 1.82) is 0 Å². The van der Waals surface area contributed by atoms with E-state index in [-0.39, 0.29) is 17.7 Å². The van der Waals surface area contributed by atoms with Gasteiger partial charge in [0.2, 0.25) is 11.8 Å². The van der Waals surface area contributed by atoms with Gasteiger partial charge in [0, 0.05) is 57.5 Å². The molecule has 1 aromatic heterocycles. The molecule has 2 amide bonds. The Kier molecular flexibility index (Phi) is 10.7. The molecule has 0 radical (unpaired) electrons. The summed E-state index contributed by atoms with van der Waals surface area (Å²) in [5.74, 6) is 0.124. The van der Waals surface area contributed by atoms with Gasteiger partial charge in [0.15, 0.2) is 0 Å². The number of hydrogen-bond donors (Lipinski definition) is 2. The van der Waals surface area contributed by atoms with Crippen molar-refractivity contribution < 1.29 is 9.59 Å². The number of carbonyl (C=O) groups is 2. The minimum absolute atomic E-state index is 0.0506. The predicted molar refractivity (Wildman–Crippen MR) is 115 cm³/mol. The van der Waals surface area contributed by atoms with Crippen molar-refractivity contribution in [3.63, 3.8) is 0 Å². The molecule has 0 bridgehead atoms. The first kappa shape index (κ1) is 23.3. The van der Waals surface area contributed by atoms with E-state index in [0.29, 0.717) is 25.9 Å². The SMILES string of the molecule is CCN(CC)CCNC(=O)C1CCCN(Cc2cccnc2)CCC(=O)NCC1. The molecule has 1 aliphatic rings. The molecular weight excluding hydrogens is 366 g/mol.